The fraction of sp³-hybridized carbons (Fsp3) is 0. The van der Waals surface area contributed by atoms with Crippen molar-refractivity contribution in [1.82, 2.24) is 4.98 Å². The molecule has 0 aliphatic rings. The van der Waals surface area contributed by atoms with Crippen LogP contribution in [0.2, 0.25) is 0 Å². The number of nitrogens with zero attached hydrogens (tertiary/aromatic N) is 1. The molecule has 0 bridgehead atoms. The van der Waals surface area contributed by atoms with Gasteiger partial charge in [-0.05, 0) is 46.3 Å². The number of carboxylic acids is 1. The summed E-state index contributed by atoms with van der Waals surface area (Å²) in [5, 5.41) is 11.2. The number of pyridine rings is 1. The zero-order valence-corrected chi connectivity index (χ0v) is 11.5. The van der Waals surface area contributed by atoms with Crippen LogP contribution < -0.4 is 5.32 Å². The largest absolute Gasteiger partial charge is 0.478 e. The van der Waals surface area contributed by atoms with E-state index >= 15 is 0 Å². The molecule has 0 saturated carbocycles. The van der Waals surface area contributed by atoms with Gasteiger partial charge in [-0.25, -0.2) is 14.2 Å². The maximum atomic E-state index is 13.1. The average Bonchev–Trinajstić information content (AvgIpc) is 2.42. The molecule has 20 heavy (non-hydrogen) atoms. The predicted molar refractivity (Wildman–Crippen MR) is 73.2 cm³/mol. The van der Waals surface area contributed by atoms with E-state index in [0.717, 1.165) is 12.3 Å². The van der Waals surface area contributed by atoms with Crippen molar-refractivity contribution in [2.45, 2.75) is 0 Å². The minimum absolute atomic E-state index is 0.00920. The van der Waals surface area contributed by atoms with Gasteiger partial charge >= 0.3 is 5.97 Å². The molecule has 0 radical (unpaired) electrons. The summed E-state index contributed by atoms with van der Waals surface area (Å²) in [7, 11) is 0. The Labute approximate surface area is 121 Å². The summed E-state index contributed by atoms with van der Waals surface area (Å²) in [4.78, 5) is 26.4. The second-order valence-electron chi connectivity index (χ2n) is 3.82. The normalized spacial score (nSPS) is 10.1. The summed E-state index contributed by atoms with van der Waals surface area (Å²) in [6, 6.07) is 6.40. The third kappa shape index (κ3) is 3.18. The second-order valence-corrected chi connectivity index (χ2v) is 4.67. The van der Waals surface area contributed by atoms with Gasteiger partial charge in [-0.2, -0.15) is 0 Å². The number of hydrogen-bond donors (Lipinski definition) is 2. The van der Waals surface area contributed by atoms with Crippen LogP contribution in [-0.2, 0) is 0 Å². The minimum Gasteiger partial charge on any atom is -0.478 e. The minimum atomic E-state index is -1.11. The lowest BCUT2D eigenvalue weighted by Crippen LogP contribution is -2.14. The van der Waals surface area contributed by atoms with Gasteiger partial charge in [0.25, 0.3) is 5.91 Å². The van der Waals surface area contributed by atoms with Crippen LogP contribution in [0, 0.1) is 5.82 Å². The number of carbonyl (C=O) groups is 2. The van der Waals surface area contributed by atoms with E-state index in [1.54, 1.807) is 0 Å². The van der Waals surface area contributed by atoms with E-state index in [1.165, 1.54) is 24.3 Å². The Balaban J connectivity index is 2.19. The first-order valence-corrected chi connectivity index (χ1v) is 6.22. The van der Waals surface area contributed by atoms with Crippen molar-refractivity contribution in [1.29, 1.82) is 0 Å². The maximum absolute atomic E-state index is 13.1. The molecule has 0 aliphatic heterocycles. The molecule has 1 aromatic carbocycles. The third-order valence-electron chi connectivity index (χ3n) is 2.43. The number of aromatic carboxylic acids is 1. The fourth-order valence-corrected chi connectivity index (χ4v) is 1.88. The van der Waals surface area contributed by atoms with Crippen molar-refractivity contribution in [3.8, 4) is 0 Å². The zero-order valence-electron chi connectivity index (χ0n) is 9.93. The molecule has 0 unspecified atom stereocenters. The summed E-state index contributed by atoms with van der Waals surface area (Å²) < 4.78 is 13.5. The van der Waals surface area contributed by atoms with Gasteiger partial charge in [0.1, 0.15) is 11.6 Å². The highest BCUT2D eigenvalue weighted by Crippen LogP contribution is 2.19. The van der Waals surface area contributed by atoms with Gasteiger partial charge in [-0.3, -0.25) is 4.79 Å². The van der Waals surface area contributed by atoms with Crippen LogP contribution in [0.15, 0.2) is 41.0 Å². The van der Waals surface area contributed by atoms with E-state index < -0.39 is 17.7 Å². The Hall–Kier alpha value is -2.28. The maximum Gasteiger partial charge on any atom is 0.337 e. The third-order valence-corrected chi connectivity index (χ3v) is 3.12. The van der Waals surface area contributed by atoms with Crippen LogP contribution >= 0.6 is 15.9 Å². The van der Waals surface area contributed by atoms with Gasteiger partial charge in [0.2, 0.25) is 0 Å². The predicted octanol–water partition coefficient (Wildman–Crippen LogP) is 2.93. The van der Waals surface area contributed by atoms with E-state index in [9.17, 15) is 14.0 Å². The molecule has 2 rings (SSSR count). The van der Waals surface area contributed by atoms with Gasteiger partial charge < -0.3 is 10.4 Å². The Morgan fingerprint density at radius 3 is 2.60 bits per heavy atom. The average molecular weight is 339 g/mol. The molecule has 1 heterocycles. The number of hydrogen-bond acceptors (Lipinski definition) is 3. The lowest BCUT2D eigenvalue weighted by molar-refractivity contribution is 0.0696. The van der Waals surface area contributed by atoms with Crippen molar-refractivity contribution < 1.29 is 19.1 Å². The SMILES string of the molecule is O=C(O)c1ccc(NC(=O)c2cc(F)ccc2Br)nc1. The molecule has 1 aromatic heterocycles. The zero-order chi connectivity index (χ0) is 14.7. The highest BCUT2D eigenvalue weighted by molar-refractivity contribution is 9.10. The Kier molecular flexibility index (Phi) is 4.09. The fourth-order valence-electron chi connectivity index (χ4n) is 1.45. The molecule has 102 valence electrons. The first-order valence-electron chi connectivity index (χ1n) is 5.43. The number of benzene rings is 1. The number of carbonyl (C=O) groups excluding carboxylic acids is 1. The summed E-state index contributed by atoms with van der Waals surface area (Å²) in [6.45, 7) is 0. The summed E-state index contributed by atoms with van der Waals surface area (Å²) in [6.07, 6.45) is 1.12. The molecule has 0 spiro atoms. The van der Waals surface area contributed by atoms with Crippen molar-refractivity contribution in [3.05, 3.63) is 57.9 Å². The number of rotatable bonds is 3. The standard InChI is InChI=1S/C13H8BrFN2O3/c14-10-3-2-8(15)5-9(10)12(18)17-11-4-1-7(6-16-11)13(19)20/h1-6H,(H,19,20)(H,16,17,18). The highest BCUT2D eigenvalue weighted by Gasteiger charge is 2.12. The molecule has 5 nitrogen and oxygen atoms in total. The van der Waals surface area contributed by atoms with E-state index in [0.29, 0.717) is 4.47 Å². The van der Waals surface area contributed by atoms with E-state index in [-0.39, 0.29) is 16.9 Å². The summed E-state index contributed by atoms with van der Waals surface area (Å²) in [5.74, 6) is -2.01. The van der Waals surface area contributed by atoms with Crippen LogP contribution in [0.5, 0.6) is 0 Å². The molecule has 0 aliphatic carbocycles. The monoisotopic (exact) mass is 338 g/mol. The Morgan fingerprint density at radius 2 is 2.00 bits per heavy atom. The van der Waals surface area contributed by atoms with E-state index in [2.05, 4.69) is 26.2 Å². The number of nitrogens with one attached hydrogen (secondary N) is 1. The van der Waals surface area contributed by atoms with Gasteiger partial charge in [-0.15, -0.1) is 0 Å². The number of amides is 1. The van der Waals surface area contributed by atoms with E-state index in [1.807, 2.05) is 0 Å². The van der Waals surface area contributed by atoms with Crippen LogP contribution in [0.4, 0.5) is 10.2 Å². The molecule has 7 heteroatoms. The Bertz CT molecular complexity index is 674. The van der Waals surface area contributed by atoms with Crippen LogP contribution in [0.25, 0.3) is 0 Å². The number of halogens is 2. The first-order chi connectivity index (χ1) is 9.47. The van der Waals surface area contributed by atoms with Crippen molar-refractivity contribution in [3.63, 3.8) is 0 Å². The quantitative estimate of drug-likeness (QED) is 0.901. The van der Waals surface area contributed by atoms with Crippen molar-refractivity contribution in [2.75, 3.05) is 5.32 Å². The Morgan fingerprint density at radius 1 is 1.25 bits per heavy atom. The highest BCUT2D eigenvalue weighted by atomic mass is 79.9. The van der Waals surface area contributed by atoms with Gasteiger partial charge in [0.05, 0.1) is 11.1 Å². The molecule has 2 N–H and O–H groups in total. The number of carboxylic acid groups (broad SMARTS) is 1. The molecule has 0 fully saturated rings. The molecular weight excluding hydrogens is 331 g/mol. The first kappa shape index (κ1) is 14.1. The smallest absolute Gasteiger partial charge is 0.337 e. The van der Waals surface area contributed by atoms with Crippen LogP contribution in [0.1, 0.15) is 20.7 Å². The van der Waals surface area contributed by atoms with Crippen LogP contribution in [-0.4, -0.2) is 22.0 Å². The number of anilines is 1. The van der Waals surface area contributed by atoms with Gasteiger partial charge in [-0.1, -0.05) is 0 Å². The van der Waals surface area contributed by atoms with Gasteiger partial charge in [0, 0.05) is 10.7 Å². The van der Waals surface area contributed by atoms with Crippen molar-refractivity contribution >= 4 is 33.6 Å². The van der Waals surface area contributed by atoms with Crippen molar-refractivity contribution in [2.24, 2.45) is 0 Å². The van der Waals surface area contributed by atoms with Crippen LogP contribution in [0.3, 0.4) is 0 Å². The molecular formula is C13H8BrFN2O3. The summed E-state index contributed by atoms with van der Waals surface area (Å²) >= 11 is 3.15. The molecule has 2 aromatic rings. The molecule has 1 amide bonds. The second kappa shape index (κ2) is 5.79. The molecule has 0 atom stereocenters. The lowest BCUT2D eigenvalue weighted by atomic mass is 10.2. The lowest BCUT2D eigenvalue weighted by Gasteiger charge is -2.06. The number of aromatic nitrogens is 1. The molecule has 0 saturated heterocycles. The summed E-state index contributed by atoms with van der Waals surface area (Å²) in [5.41, 5.74) is 0.129. The van der Waals surface area contributed by atoms with Gasteiger partial charge in [0.15, 0.2) is 0 Å². The topological polar surface area (TPSA) is 79.3 Å². The van der Waals surface area contributed by atoms with E-state index in [4.69, 9.17) is 5.11 Å².